The van der Waals surface area contributed by atoms with E-state index in [9.17, 15) is 0 Å². The molecular formula is C16H33N. The molecule has 17 heavy (non-hydrogen) atoms. The van der Waals surface area contributed by atoms with E-state index in [1.54, 1.807) is 0 Å². The lowest BCUT2D eigenvalue weighted by atomic mass is 9.75. The molecule has 0 heterocycles. The van der Waals surface area contributed by atoms with Crippen molar-refractivity contribution in [3.63, 3.8) is 0 Å². The molecule has 1 nitrogen and oxygen atoms in total. The highest BCUT2D eigenvalue weighted by Gasteiger charge is 2.27. The smallest absolute Gasteiger partial charge is 0.00977 e. The minimum Gasteiger partial charge on any atom is -0.312 e. The molecule has 1 fully saturated rings. The molecule has 1 aliphatic rings. The predicted molar refractivity (Wildman–Crippen MR) is 77.3 cm³/mol. The summed E-state index contributed by atoms with van der Waals surface area (Å²) in [5.41, 5.74) is 0. The first-order valence-corrected chi connectivity index (χ1v) is 7.93. The van der Waals surface area contributed by atoms with Gasteiger partial charge < -0.3 is 5.32 Å². The molecule has 1 N–H and O–H groups in total. The molecule has 0 aromatic rings. The second kappa shape index (κ2) is 8.13. The van der Waals surface area contributed by atoms with Gasteiger partial charge >= 0.3 is 0 Å². The summed E-state index contributed by atoms with van der Waals surface area (Å²) in [7, 11) is 0. The van der Waals surface area contributed by atoms with Gasteiger partial charge in [-0.1, -0.05) is 59.8 Å². The maximum Gasteiger partial charge on any atom is 0.00977 e. The van der Waals surface area contributed by atoms with E-state index in [0.717, 1.165) is 17.9 Å². The minimum absolute atomic E-state index is 0.638. The van der Waals surface area contributed by atoms with Crippen LogP contribution in [0.2, 0.25) is 0 Å². The first kappa shape index (κ1) is 15.0. The highest BCUT2D eigenvalue weighted by atomic mass is 14.9. The zero-order chi connectivity index (χ0) is 12.7. The first-order valence-electron chi connectivity index (χ1n) is 7.93. The summed E-state index contributed by atoms with van der Waals surface area (Å²) in [6, 6.07) is 1.42. The number of hydrogen-bond donors (Lipinski definition) is 1. The van der Waals surface area contributed by atoms with E-state index < -0.39 is 0 Å². The van der Waals surface area contributed by atoms with Gasteiger partial charge in [-0.2, -0.15) is 0 Å². The van der Waals surface area contributed by atoms with Crippen LogP contribution in [0.25, 0.3) is 0 Å². The van der Waals surface area contributed by atoms with Crippen molar-refractivity contribution in [2.45, 2.75) is 91.1 Å². The summed E-state index contributed by atoms with van der Waals surface area (Å²) in [5.74, 6) is 1.95. The van der Waals surface area contributed by atoms with Crippen LogP contribution in [0.4, 0.5) is 0 Å². The van der Waals surface area contributed by atoms with Crippen molar-refractivity contribution in [1.82, 2.24) is 5.32 Å². The highest BCUT2D eigenvalue weighted by Crippen LogP contribution is 2.34. The zero-order valence-electron chi connectivity index (χ0n) is 12.5. The van der Waals surface area contributed by atoms with Crippen molar-refractivity contribution < 1.29 is 0 Å². The summed E-state index contributed by atoms with van der Waals surface area (Å²) in [5, 5.41) is 3.83. The summed E-state index contributed by atoms with van der Waals surface area (Å²) >= 11 is 0. The average Bonchev–Trinajstić information content (AvgIpc) is 2.34. The normalized spacial score (nSPS) is 27.4. The molecule has 0 aromatic heterocycles. The summed E-state index contributed by atoms with van der Waals surface area (Å²) in [6.07, 6.45) is 11.4. The predicted octanol–water partition coefficient (Wildman–Crippen LogP) is 4.76. The van der Waals surface area contributed by atoms with E-state index in [-0.39, 0.29) is 0 Å². The fourth-order valence-electron chi connectivity index (χ4n) is 3.38. The maximum atomic E-state index is 3.83. The molecule has 102 valence electrons. The second-order valence-electron chi connectivity index (χ2n) is 6.27. The Balaban J connectivity index is 2.48. The summed E-state index contributed by atoms with van der Waals surface area (Å²) in [4.78, 5) is 0. The molecule has 1 aliphatic carbocycles. The van der Waals surface area contributed by atoms with E-state index in [2.05, 4.69) is 33.0 Å². The van der Waals surface area contributed by atoms with Gasteiger partial charge in [-0.15, -0.1) is 0 Å². The van der Waals surface area contributed by atoms with Gasteiger partial charge in [0, 0.05) is 12.1 Å². The van der Waals surface area contributed by atoms with Crippen LogP contribution in [0, 0.1) is 11.8 Å². The van der Waals surface area contributed by atoms with Crippen LogP contribution in [0.3, 0.4) is 0 Å². The van der Waals surface area contributed by atoms with Crippen LogP contribution in [0.1, 0.15) is 79.1 Å². The molecular weight excluding hydrogens is 206 g/mol. The van der Waals surface area contributed by atoms with Crippen molar-refractivity contribution in [3.8, 4) is 0 Å². The van der Waals surface area contributed by atoms with Gasteiger partial charge in [0.25, 0.3) is 0 Å². The molecule has 3 unspecified atom stereocenters. The van der Waals surface area contributed by atoms with Gasteiger partial charge in [-0.3, -0.25) is 0 Å². The topological polar surface area (TPSA) is 12.0 Å². The Labute approximate surface area is 109 Å². The Hall–Kier alpha value is -0.0400. The molecule has 0 spiro atoms. The Bertz CT molecular complexity index is 188. The number of hydrogen-bond acceptors (Lipinski definition) is 1. The van der Waals surface area contributed by atoms with Gasteiger partial charge in [-0.25, -0.2) is 0 Å². The van der Waals surface area contributed by atoms with Crippen molar-refractivity contribution in [2.75, 3.05) is 0 Å². The van der Waals surface area contributed by atoms with Gasteiger partial charge in [0.1, 0.15) is 0 Å². The minimum atomic E-state index is 0.638. The fourth-order valence-corrected chi connectivity index (χ4v) is 3.38. The van der Waals surface area contributed by atoms with Crippen LogP contribution in [-0.2, 0) is 0 Å². The van der Waals surface area contributed by atoms with Gasteiger partial charge in [0.2, 0.25) is 0 Å². The molecule has 1 saturated carbocycles. The third kappa shape index (κ3) is 5.42. The van der Waals surface area contributed by atoms with Crippen molar-refractivity contribution in [3.05, 3.63) is 0 Å². The van der Waals surface area contributed by atoms with Crippen LogP contribution in [0.5, 0.6) is 0 Å². The molecule has 0 bridgehead atoms. The number of nitrogens with one attached hydrogen (secondary N) is 1. The van der Waals surface area contributed by atoms with Gasteiger partial charge in [-0.05, 0) is 31.1 Å². The Morgan fingerprint density at radius 1 is 1.18 bits per heavy atom. The molecule has 0 radical (unpaired) electrons. The molecule has 0 saturated heterocycles. The Morgan fingerprint density at radius 3 is 2.53 bits per heavy atom. The standard InChI is InChI=1S/C16H33N/c1-5-7-11-16(17-13(3)4)15-10-8-9-14(6-2)12-15/h13-17H,5-12H2,1-4H3. The van der Waals surface area contributed by atoms with E-state index in [4.69, 9.17) is 0 Å². The van der Waals surface area contributed by atoms with Crippen molar-refractivity contribution >= 4 is 0 Å². The lowest BCUT2D eigenvalue weighted by molar-refractivity contribution is 0.193. The van der Waals surface area contributed by atoms with Crippen LogP contribution < -0.4 is 5.32 Å². The maximum absolute atomic E-state index is 3.83. The molecule has 3 atom stereocenters. The molecule has 0 amide bonds. The monoisotopic (exact) mass is 239 g/mol. The highest BCUT2D eigenvalue weighted by molar-refractivity contribution is 4.83. The molecule has 1 rings (SSSR count). The van der Waals surface area contributed by atoms with E-state index in [0.29, 0.717) is 6.04 Å². The van der Waals surface area contributed by atoms with E-state index in [1.165, 1.54) is 51.4 Å². The number of unbranched alkanes of at least 4 members (excludes halogenated alkanes) is 1. The van der Waals surface area contributed by atoms with Crippen LogP contribution >= 0.6 is 0 Å². The van der Waals surface area contributed by atoms with E-state index >= 15 is 0 Å². The summed E-state index contributed by atoms with van der Waals surface area (Å²) < 4.78 is 0. The van der Waals surface area contributed by atoms with Gasteiger partial charge in [0.15, 0.2) is 0 Å². The Kier molecular flexibility index (Phi) is 7.18. The van der Waals surface area contributed by atoms with Crippen LogP contribution in [0.15, 0.2) is 0 Å². The number of rotatable bonds is 7. The second-order valence-corrected chi connectivity index (χ2v) is 6.27. The third-order valence-electron chi connectivity index (χ3n) is 4.39. The quantitative estimate of drug-likeness (QED) is 0.675. The first-order chi connectivity index (χ1) is 8.17. The summed E-state index contributed by atoms with van der Waals surface area (Å²) in [6.45, 7) is 9.25. The van der Waals surface area contributed by atoms with Crippen molar-refractivity contribution in [1.29, 1.82) is 0 Å². The molecule has 0 aliphatic heterocycles. The van der Waals surface area contributed by atoms with E-state index in [1.807, 2.05) is 0 Å². The lowest BCUT2D eigenvalue weighted by Crippen LogP contribution is -2.42. The lowest BCUT2D eigenvalue weighted by Gasteiger charge is -2.36. The fraction of sp³-hybridized carbons (Fsp3) is 1.00. The van der Waals surface area contributed by atoms with Crippen molar-refractivity contribution in [2.24, 2.45) is 11.8 Å². The van der Waals surface area contributed by atoms with Gasteiger partial charge in [0.05, 0.1) is 0 Å². The molecule has 0 aromatic carbocycles. The SMILES string of the molecule is CCCCC(NC(C)C)C1CCCC(CC)C1. The molecule has 1 heteroatoms. The average molecular weight is 239 g/mol. The largest absolute Gasteiger partial charge is 0.312 e. The third-order valence-corrected chi connectivity index (χ3v) is 4.39. The Morgan fingerprint density at radius 2 is 1.94 bits per heavy atom. The zero-order valence-corrected chi connectivity index (χ0v) is 12.5. The van der Waals surface area contributed by atoms with Crippen LogP contribution in [-0.4, -0.2) is 12.1 Å².